The number of carbonyl (C=O) groups is 1. The Balaban J connectivity index is 2.46. The van der Waals surface area contributed by atoms with Crippen molar-refractivity contribution in [3.63, 3.8) is 0 Å². The van der Waals surface area contributed by atoms with Crippen LogP contribution < -0.4 is 5.32 Å². The van der Waals surface area contributed by atoms with Gasteiger partial charge in [0.15, 0.2) is 0 Å². The summed E-state index contributed by atoms with van der Waals surface area (Å²) in [5.74, 6) is -0.0307. The highest BCUT2D eigenvalue weighted by Crippen LogP contribution is 2.15. The van der Waals surface area contributed by atoms with Gasteiger partial charge in [0.2, 0.25) is 0 Å². The number of aliphatic hydroxyl groups is 1. The van der Waals surface area contributed by atoms with Crippen LogP contribution in [0.25, 0.3) is 0 Å². The monoisotopic (exact) mass is 343 g/mol. The van der Waals surface area contributed by atoms with Crippen LogP contribution in [0.15, 0.2) is 28.7 Å². The molecule has 0 aliphatic carbocycles. The number of halogens is 1. The molecule has 0 spiro atoms. The van der Waals surface area contributed by atoms with E-state index >= 15 is 0 Å². The number of alkyl carbamates (subject to hydrolysis) is 1. The lowest BCUT2D eigenvalue weighted by Crippen LogP contribution is -2.36. The first-order valence-electron chi connectivity index (χ1n) is 6.62. The van der Waals surface area contributed by atoms with E-state index in [2.05, 4.69) is 21.2 Å². The van der Waals surface area contributed by atoms with Crippen molar-refractivity contribution in [2.24, 2.45) is 5.92 Å². The lowest BCUT2D eigenvalue weighted by molar-refractivity contribution is 0.0512. The Bertz CT molecular complexity index is 443. The van der Waals surface area contributed by atoms with Crippen LogP contribution >= 0.6 is 15.9 Å². The molecule has 0 fully saturated rings. The van der Waals surface area contributed by atoms with Crippen LogP contribution in [0.2, 0.25) is 0 Å². The molecule has 0 radical (unpaired) electrons. The van der Waals surface area contributed by atoms with Gasteiger partial charge in [-0.05, 0) is 44.9 Å². The molecule has 112 valence electrons. The fraction of sp³-hybridized carbons (Fsp3) is 0.533. The first kappa shape index (κ1) is 17.0. The van der Waals surface area contributed by atoms with Crippen molar-refractivity contribution >= 4 is 22.0 Å². The number of carbonyl (C=O) groups excluding carboxylic acids is 1. The Morgan fingerprint density at radius 3 is 2.70 bits per heavy atom. The highest BCUT2D eigenvalue weighted by atomic mass is 79.9. The molecule has 0 aliphatic heterocycles. The van der Waals surface area contributed by atoms with Gasteiger partial charge in [0.1, 0.15) is 5.60 Å². The predicted octanol–water partition coefficient (Wildman–Crippen LogP) is 3.12. The molecule has 0 saturated carbocycles. The van der Waals surface area contributed by atoms with E-state index < -0.39 is 11.7 Å². The van der Waals surface area contributed by atoms with E-state index in [0.29, 0.717) is 13.0 Å². The largest absolute Gasteiger partial charge is 0.444 e. The van der Waals surface area contributed by atoms with Crippen molar-refractivity contribution in [2.75, 3.05) is 13.2 Å². The average Bonchev–Trinajstić information content (AvgIpc) is 2.32. The van der Waals surface area contributed by atoms with E-state index in [1.807, 2.05) is 45.0 Å². The molecule has 0 saturated heterocycles. The maximum Gasteiger partial charge on any atom is 0.407 e. The number of hydrogen-bond donors (Lipinski definition) is 2. The van der Waals surface area contributed by atoms with Gasteiger partial charge in [-0.15, -0.1) is 0 Å². The maximum atomic E-state index is 11.6. The SMILES string of the molecule is CC(C)(C)OC(=O)NCC(CO)Cc1cccc(Br)c1. The highest BCUT2D eigenvalue weighted by molar-refractivity contribution is 9.10. The number of nitrogens with one attached hydrogen (secondary N) is 1. The smallest absolute Gasteiger partial charge is 0.407 e. The second kappa shape index (κ2) is 7.64. The van der Waals surface area contributed by atoms with Gasteiger partial charge >= 0.3 is 6.09 Å². The van der Waals surface area contributed by atoms with E-state index in [-0.39, 0.29) is 12.5 Å². The summed E-state index contributed by atoms with van der Waals surface area (Å²) < 4.78 is 6.17. The molecule has 20 heavy (non-hydrogen) atoms. The van der Waals surface area contributed by atoms with Gasteiger partial charge in [-0.2, -0.15) is 0 Å². The summed E-state index contributed by atoms with van der Waals surface area (Å²) in [6.45, 7) is 5.85. The first-order valence-corrected chi connectivity index (χ1v) is 7.41. The normalized spacial score (nSPS) is 12.8. The molecule has 1 aromatic rings. The summed E-state index contributed by atoms with van der Waals surface area (Å²) in [7, 11) is 0. The third-order valence-corrected chi connectivity index (χ3v) is 3.10. The van der Waals surface area contributed by atoms with Gasteiger partial charge in [-0.1, -0.05) is 28.1 Å². The molecule has 1 unspecified atom stereocenters. The molecular weight excluding hydrogens is 322 g/mol. The van der Waals surface area contributed by atoms with E-state index in [1.165, 1.54) is 0 Å². The number of benzene rings is 1. The molecule has 0 bridgehead atoms. The molecule has 4 nitrogen and oxygen atoms in total. The number of rotatable bonds is 5. The topological polar surface area (TPSA) is 58.6 Å². The summed E-state index contributed by atoms with van der Waals surface area (Å²) in [6, 6.07) is 7.92. The van der Waals surface area contributed by atoms with Crippen LogP contribution in [-0.2, 0) is 11.2 Å². The predicted molar refractivity (Wildman–Crippen MR) is 82.7 cm³/mol. The van der Waals surface area contributed by atoms with E-state index in [9.17, 15) is 9.90 Å². The molecule has 0 heterocycles. The van der Waals surface area contributed by atoms with Crippen molar-refractivity contribution in [3.8, 4) is 0 Å². The van der Waals surface area contributed by atoms with Crippen LogP contribution in [0.3, 0.4) is 0 Å². The highest BCUT2D eigenvalue weighted by Gasteiger charge is 2.17. The number of amides is 1. The van der Waals surface area contributed by atoms with Crippen molar-refractivity contribution in [3.05, 3.63) is 34.3 Å². The van der Waals surface area contributed by atoms with Crippen LogP contribution in [0.4, 0.5) is 4.79 Å². The zero-order chi connectivity index (χ0) is 15.2. The van der Waals surface area contributed by atoms with Crippen molar-refractivity contribution in [1.29, 1.82) is 0 Å². The van der Waals surface area contributed by atoms with Gasteiger partial charge in [-0.3, -0.25) is 0 Å². The molecular formula is C15H22BrNO3. The Morgan fingerprint density at radius 2 is 2.15 bits per heavy atom. The second-order valence-corrected chi connectivity index (χ2v) is 6.68. The molecule has 0 aromatic heterocycles. The Hall–Kier alpha value is -1.07. The fourth-order valence-corrected chi connectivity index (χ4v) is 2.19. The van der Waals surface area contributed by atoms with Crippen molar-refractivity contribution in [2.45, 2.75) is 32.8 Å². The quantitative estimate of drug-likeness (QED) is 0.863. The number of ether oxygens (including phenoxy) is 1. The van der Waals surface area contributed by atoms with Crippen LogP contribution in [0.1, 0.15) is 26.3 Å². The Morgan fingerprint density at radius 1 is 1.45 bits per heavy atom. The third kappa shape index (κ3) is 6.91. The third-order valence-electron chi connectivity index (χ3n) is 2.61. The minimum atomic E-state index is -0.511. The van der Waals surface area contributed by atoms with E-state index in [4.69, 9.17) is 4.74 Å². The molecule has 1 atom stereocenters. The van der Waals surface area contributed by atoms with Crippen LogP contribution in [0.5, 0.6) is 0 Å². The lowest BCUT2D eigenvalue weighted by atomic mass is 10.0. The van der Waals surface area contributed by atoms with Crippen LogP contribution in [0, 0.1) is 5.92 Å². The van der Waals surface area contributed by atoms with Gasteiger partial charge in [-0.25, -0.2) is 4.79 Å². The molecule has 1 amide bonds. The minimum absolute atomic E-state index is 0.0162. The maximum absolute atomic E-state index is 11.6. The molecule has 5 heteroatoms. The van der Waals surface area contributed by atoms with Gasteiger partial charge in [0, 0.05) is 23.5 Å². The van der Waals surface area contributed by atoms with Crippen molar-refractivity contribution in [1.82, 2.24) is 5.32 Å². The molecule has 1 aromatic carbocycles. The second-order valence-electron chi connectivity index (χ2n) is 5.77. The lowest BCUT2D eigenvalue weighted by Gasteiger charge is -2.21. The Labute approximate surface area is 128 Å². The first-order chi connectivity index (χ1) is 9.30. The molecule has 0 aliphatic rings. The zero-order valence-electron chi connectivity index (χ0n) is 12.1. The molecule has 1 rings (SSSR count). The fourth-order valence-electron chi connectivity index (χ4n) is 1.74. The van der Waals surface area contributed by atoms with Gasteiger partial charge in [0.25, 0.3) is 0 Å². The number of aliphatic hydroxyl groups excluding tert-OH is 1. The summed E-state index contributed by atoms with van der Waals surface area (Å²) in [5.41, 5.74) is 0.604. The van der Waals surface area contributed by atoms with Crippen LogP contribution in [-0.4, -0.2) is 30.0 Å². The minimum Gasteiger partial charge on any atom is -0.444 e. The van der Waals surface area contributed by atoms with Crippen molar-refractivity contribution < 1.29 is 14.6 Å². The summed E-state index contributed by atoms with van der Waals surface area (Å²) in [6.07, 6.45) is 0.247. The van der Waals surface area contributed by atoms with Gasteiger partial charge < -0.3 is 15.2 Å². The summed E-state index contributed by atoms with van der Waals surface area (Å²) >= 11 is 3.42. The Kier molecular flexibility index (Phi) is 6.49. The zero-order valence-corrected chi connectivity index (χ0v) is 13.7. The standard InChI is InChI=1S/C15H22BrNO3/c1-15(2,3)20-14(19)17-9-12(10-18)7-11-5-4-6-13(16)8-11/h4-6,8,12,18H,7,9-10H2,1-3H3,(H,17,19). The summed E-state index contributed by atoms with van der Waals surface area (Å²) in [4.78, 5) is 11.6. The number of hydrogen-bond acceptors (Lipinski definition) is 3. The summed E-state index contributed by atoms with van der Waals surface area (Å²) in [5, 5.41) is 12.1. The molecule has 2 N–H and O–H groups in total. The van der Waals surface area contributed by atoms with Gasteiger partial charge in [0.05, 0.1) is 0 Å². The average molecular weight is 344 g/mol. The van der Waals surface area contributed by atoms with E-state index in [0.717, 1.165) is 10.0 Å². The van der Waals surface area contributed by atoms with E-state index in [1.54, 1.807) is 0 Å².